The number of ether oxygens (including phenoxy) is 4. The molecule has 0 bridgehead atoms. The highest BCUT2D eigenvalue weighted by Crippen LogP contribution is 2.39. The fraction of sp³-hybridized carbons (Fsp3) is 0.324. The van der Waals surface area contributed by atoms with Gasteiger partial charge in [0.25, 0.3) is 17.1 Å². The number of rotatable bonds is 18. The highest BCUT2D eigenvalue weighted by molar-refractivity contribution is 8.13. The van der Waals surface area contributed by atoms with Crippen LogP contribution in [-0.2, 0) is 53.2 Å². The molecule has 306 valence electrons. The van der Waals surface area contributed by atoms with Crippen molar-refractivity contribution in [1.82, 2.24) is 10.2 Å². The molecule has 1 aliphatic heterocycles. The number of hydrogen-bond donors (Lipinski definition) is 1. The third kappa shape index (κ3) is 12.0. The number of nitrogens with zero attached hydrogens (tertiary/aromatic N) is 4. The van der Waals surface area contributed by atoms with Crippen LogP contribution in [0.3, 0.4) is 0 Å². The summed E-state index contributed by atoms with van der Waals surface area (Å²) in [7, 11) is 0. The summed E-state index contributed by atoms with van der Waals surface area (Å²) in [6, 6.07) is 15.0. The van der Waals surface area contributed by atoms with Crippen molar-refractivity contribution in [2.75, 3.05) is 12.3 Å². The van der Waals surface area contributed by atoms with Gasteiger partial charge in [0.05, 0.1) is 26.7 Å². The molecule has 4 rings (SSSR count). The van der Waals surface area contributed by atoms with Crippen molar-refractivity contribution in [1.29, 1.82) is 0 Å². The van der Waals surface area contributed by atoms with Gasteiger partial charge in [-0.05, 0) is 79.4 Å². The summed E-state index contributed by atoms with van der Waals surface area (Å²) in [4.78, 5) is 97.4. The lowest BCUT2D eigenvalue weighted by atomic mass is 9.80. The summed E-state index contributed by atoms with van der Waals surface area (Å²) >= 11 is 0.828. The van der Waals surface area contributed by atoms with Crippen molar-refractivity contribution in [2.24, 2.45) is 5.92 Å². The van der Waals surface area contributed by atoms with Crippen LogP contribution in [0.1, 0.15) is 43.9 Å². The molecular weight excluding hydrogens is 786 g/mol. The topological polar surface area (TPSA) is 267 Å². The summed E-state index contributed by atoms with van der Waals surface area (Å²) in [6.45, 7) is 3.78. The summed E-state index contributed by atoms with van der Waals surface area (Å²) in [5.41, 5.74) is 1.14. The Hall–Kier alpha value is -6.90. The molecule has 1 saturated heterocycles. The van der Waals surface area contributed by atoms with Gasteiger partial charge in [-0.2, -0.15) is 0 Å². The first-order valence-corrected chi connectivity index (χ1v) is 18.3. The van der Waals surface area contributed by atoms with Gasteiger partial charge in [0, 0.05) is 55.1 Å². The molecule has 0 aromatic heterocycles. The van der Waals surface area contributed by atoms with E-state index in [-0.39, 0.29) is 61.3 Å². The first-order chi connectivity index (χ1) is 27.5. The summed E-state index contributed by atoms with van der Waals surface area (Å²) < 4.78 is 21.1. The van der Waals surface area contributed by atoms with Gasteiger partial charge < -0.3 is 29.2 Å². The van der Waals surface area contributed by atoms with Crippen molar-refractivity contribution in [3.8, 4) is 0 Å². The molecular formula is C37H37N5O15S. The number of likely N-dealkylation sites (tertiary alicyclic amines) is 1. The van der Waals surface area contributed by atoms with Crippen LogP contribution in [0.2, 0.25) is 0 Å². The molecule has 58 heavy (non-hydrogen) atoms. The molecule has 0 spiro atoms. The van der Waals surface area contributed by atoms with E-state index in [2.05, 4.69) is 5.32 Å². The minimum atomic E-state index is -1.16. The molecule has 3 aromatic rings. The lowest BCUT2D eigenvalue weighted by molar-refractivity contribution is -0.385. The smallest absolute Gasteiger partial charge is 0.456 e. The third-order valence-electron chi connectivity index (χ3n) is 8.51. The van der Waals surface area contributed by atoms with Crippen LogP contribution in [0.25, 0.3) is 0 Å². The number of nitro groups is 3. The van der Waals surface area contributed by atoms with Crippen molar-refractivity contribution < 1.29 is 57.7 Å². The first kappa shape index (κ1) is 43.8. The molecule has 3 aromatic carbocycles. The van der Waals surface area contributed by atoms with Crippen LogP contribution in [0.15, 0.2) is 84.1 Å². The van der Waals surface area contributed by atoms with Crippen molar-refractivity contribution in [3.63, 3.8) is 0 Å². The number of benzene rings is 3. The van der Waals surface area contributed by atoms with Gasteiger partial charge in [-0.15, -0.1) is 0 Å². The number of thioether (sulfide) groups is 1. The van der Waals surface area contributed by atoms with Crippen LogP contribution in [-0.4, -0.2) is 73.4 Å². The third-order valence-corrected chi connectivity index (χ3v) is 9.41. The maximum atomic E-state index is 13.7. The maximum absolute atomic E-state index is 13.7. The second kappa shape index (κ2) is 20.3. The van der Waals surface area contributed by atoms with Gasteiger partial charge in [-0.1, -0.05) is 11.8 Å². The van der Waals surface area contributed by atoms with E-state index >= 15 is 0 Å². The van der Waals surface area contributed by atoms with Gasteiger partial charge in [0.2, 0.25) is 5.91 Å². The Morgan fingerprint density at radius 1 is 0.741 bits per heavy atom. The SMILES string of the molecule is CC(C)=C(C(=O)OCc1ccc([N+](=O)[O-])cc1)N1C(=O)[C@H]([C@@H](C)OC(=O)OCc2ccc([N+](=O)[O-])cc2)[C@H]1CC(=O)SCCNC(=O)OCc1ccc([N+](=O)[O-])cc1. The van der Waals surface area contributed by atoms with Crippen LogP contribution < -0.4 is 5.32 Å². The molecule has 0 aliphatic carbocycles. The standard InChI is InChI=1S/C37H37N5O15S/c1-22(2)33(35(45)54-19-24-4-10-27(11-5-24)40(48)49)39-30(18-31(43)58-17-16-38-36(46)55-20-25-6-12-28(13-7-25)41(50)51)32(34(39)44)23(3)57-37(47)56-21-26-8-14-29(15-9-26)42(52)53/h4-15,23,30,32H,16-21H2,1-3H3,(H,38,46)/t23-,30-,32-/m1/s1. The Labute approximate surface area is 333 Å². The Bertz CT molecular complexity index is 2070. The monoisotopic (exact) mass is 823 g/mol. The minimum Gasteiger partial charge on any atom is -0.456 e. The van der Waals surface area contributed by atoms with Gasteiger partial charge in [0.15, 0.2) is 5.12 Å². The van der Waals surface area contributed by atoms with E-state index in [0.717, 1.165) is 16.7 Å². The zero-order chi connectivity index (χ0) is 42.5. The summed E-state index contributed by atoms with van der Waals surface area (Å²) in [5.74, 6) is -2.59. The molecule has 2 amide bonds. The zero-order valence-corrected chi connectivity index (χ0v) is 32.0. The van der Waals surface area contributed by atoms with Gasteiger partial charge >= 0.3 is 18.2 Å². The van der Waals surface area contributed by atoms with Gasteiger partial charge in [-0.3, -0.25) is 39.9 Å². The molecule has 0 saturated carbocycles. The summed E-state index contributed by atoms with van der Waals surface area (Å²) in [5, 5.41) is 34.8. The molecule has 1 fully saturated rings. The second-order valence-corrected chi connectivity index (χ2v) is 13.9. The Balaban J connectivity index is 1.38. The molecule has 21 heteroatoms. The fourth-order valence-electron chi connectivity index (χ4n) is 5.63. The average Bonchev–Trinajstić information content (AvgIpc) is 3.19. The minimum absolute atomic E-state index is 0.000543. The number of carbonyl (C=O) groups excluding carboxylic acids is 5. The lowest BCUT2D eigenvalue weighted by Gasteiger charge is -2.49. The summed E-state index contributed by atoms with van der Waals surface area (Å²) in [6.07, 6.45) is -3.43. The predicted octanol–water partition coefficient (Wildman–Crippen LogP) is 5.89. The largest absolute Gasteiger partial charge is 0.508 e. The number of nitrogens with one attached hydrogen (secondary N) is 1. The number of esters is 1. The fourth-order valence-corrected chi connectivity index (χ4v) is 6.35. The molecule has 1 N–H and O–H groups in total. The Morgan fingerprint density at radius 2 is 1.19 bits per heavy atom. The van der Waals surface area contributed by atoms with E-state index in [1.807, 2.05) is 0 Å². The average molecular weight is 824 g/mol. The maximum Gasteiger partial charge on any atom is 0.508 e. The first-order valence-electron chi connectivity index (χ1n) is 17.3. The van der Waals surface area contributed by atoms with Crippen LogP contribution in [0.4, 0.5) is 26.7 Å². The molecule has 0 radical (unpaired) electrons. The lowest BCUT2D eigenvalue weighted by Crippen LogP contribution is -2.65. The number of alkyl carbamates (subject to hydrolysis) is 1. The van der Waals surface area contributed by atoms with Gasteiger partial charge in [0.1, 0.15) is 31.6 Å². The van der Waals surface area contributed by atoms with Gasteiger partial charge in [-0.25, -0.2) is 14.4 Å². The number of hydrogen-bond acceptors (Lipinski definition) is 16. The number of carbonyl (C=O) groups is 5. The number of β-lactam (4-membered cyclic amide) rings is 1. The number of nitro benzene ring substituents is 3. The number of amides is 2. The van der Waals surface area contributed by atoms with Crippen molar-refractivity contribution in [2.45, 2.75) is 59.2 Å². The highest BCUT2D eigenvalue weighted by Gasteiger charge is 2.55. The van der Waals surface area contributed by atoms with E-state index in [9.17, 15) is 54.3 Å². The van der Waals surface area contributed by atoms with E-state index in [0.29, 0.717) is 22.3 Å². The van der Waals surface area contributed by atoms with E-state index in [4.69, 9.17) is 18.9 Å². The molecule has 0 unspecified atom stereocenters. The van der Waals surface area contributed by atoms with E-state index in [1.165, 1.54) is 79.7 Å². The highest BCUT2D eigenvalue weighted by atomic mass is 32.2. The number of non-ortho nitro benzene ring substituents is 3. The molecule has 20 nitrogen and oxygen atoms in total. The van der Waals surface area contributed by atoms with Crippen molar-refractivity contribution in [3.05, 3.63) is 131 Å². The quantitative estimate of drug-likeness (QED) is 0.0298. The van der Waals surface area contributed by atoms with Crippen LogP contribution in [0.5, 0.6) is 0 Å². The molecule has 1 heterocycles. The Morgan fingerprint density at radius 3 is 1.64 bits per heavy atom. The normalized spacial score (nSPS) is 14.9. The van der Waals surface area contributed by atoms with E-state index < -0.39 is 62.1 Å². The van der Waals surface area contributed by atoms with Crippen LogP contribution in [0, 0.1) is 36.3 Å². The predicted molar refractivity (Wildman–Crippen MR) is 203 cm³/mol. The molecule has 3 atom stereocenters. The van der Waals surface area contributed by atoms with Crippen molar-refractivity contribution >= 4 is 58.1 Å². The Kier molecular flexibility index (Phi) is 15.4. The second-order valence-electron chi connectivity index (χ2n) is 12.8. The van der Waals surface area contributed by atoms with E-state index in [1.54, 1.807) is 13.8 Å². The number of allylic oxidation sites excluding steroid dienone is 1. The zero-order valence-electron chi connectivity index (χ0n) is 31.2. The molecule has 1 aliphatic rings. The van der Waals surface area contributed by atoms with Crippen LogP contribution >= 0.6 is 11.8 Å².